The standard InChI is InChI=1S/C21H28FN5O2.HI/c1-23-21(24-10-8-19-3-2-16-29-19)25-11-9-20(28)27-14-12-26(13-15-27)18-6-4-17(22)5-7-18;/h2-7,16H,8-15H2,1H3,(H2,23,24,25);1H. The summed E-state index contributed by atoms with van der Waals surface area (Å²) in [6.45, 7) is 4.07. The summed E-state index contributed by atoms with van der Waals surface area (Å²) in [5.74, 6) is 1.48. The SMILES string of the molecule is CN=C(NCCC(=O)N1CCN(c2ccc(F)cc2)CC1)NCCc1ccco1.I. The van der Waals surface area contributed by atoms with E-state index < -0.39 is 0 Å². The molecule has 1 aliphatic rings. The highest BCUT2D eigenvalue weighted by Gasteiger charge is 2.21. The lowest BCUT2D eigenvalue weighted by Crippen LogP contribution is -2.49. The number of nitrogens with one attached hydrogen (secondary N) is 2. The summed E-state index contributed by atoms with van der Waals surface area (Å²) in [6.07, 6.45) is 2.84. The summed E-state index contributed by atoms with van der Waals surface area (Å²) in [7, 11) is 1.71. The number of piperazine rings is 1. The number of rotatable bonds is 7. The fraction of sp³-hybridized carbons (Fsp3) is 0.429. The first-order chi connectivity index (χ1) is 14.2. The van der Waals surface area contributed by atoms with Crippen LogP contribution in [0.25, 0.3) is 0 Å². The van der Waals surface area contributed by atoms with Crippen molar-refractivity contribution in [1.82, 2.24) is 15.5 Å². The Hall–Kier alpha value is -2.30. The van der Waals surface area contributed by atoms with Gasteiger partial charge in [0.2, 0.25) is 5.91 Å². The van der Waals surface area contributed by atoms with Gasteiger partial charge in [-0.05, 0) is 36.4 Å². The van der Waals surface area contributed by atoms with Crippen molar-refractivity contribution in [3.05, 3.63) is 54.2 Å². The molecule has 0 spiro atoms. The number of guanidine groups is 1. The molecule has 0 unspecified atom stereocenters. The third-order valence-electron chi connectivity index (χ3n) is 4.92. The summed E-state index contributed by atoms with van der Waals surface area (Å²) >= 11 is 0. The topological polar surface area (TPSA) is 73.1 Å². The molecule has 0 saturated carbocycles. The van der Waals surface area contributed by atoms with E-state index in [1.54, 1.807) is 25.4 Å². The first-order valence-electron chi connectivity index (χ1n) is 9.91. The van der Waals surface area contributed by atoms with Gasteiger partial charge < -0.3 is 24.9 Å². The zero-order chi connectivity index (χ0) is 20.5. The molecule has 0 aliphatic carbocycles. The molecule has 0 bridgehead atoms. The van der Waals surface area contributed by atoms with Gasteiger partial charge in [-0.3, -0.25) is 9.79 Å². The van der Waals surface area contributed by atoms with Crippen molar-refractivity contribution in [2.45, 2.75) is 12.8 Å². The molecule has 1 fully saturated rings. The number of carbonyl (C=O) groups excluding carboxylic acids is 1. The Kier molecular flexibility index (Phi) is 9.92. The van der Waals surface area contributed by atoms with Crippen molar-refractivity contribution in [1.29, 1.82) is 0 Å². The van der Waals surface area contributed by atoms with Crippen molar-refractivity contribution in [2.75, 3.05) is 51.2 Å². The Morgan fingerprint density at radius 2 is 1.80 bits per heavy atom. The Labute approximate surface area is 193 Å². The van der Waals surface area contributed by atoms with E-state index in [0.717, 1.165) is 31.0 Å². The third kappa shape index (κ3) is 7.19. The molecular weight excluding hydrogens is 500 g/mol. The lowest BCUT2D eigenvalue weighted by molar-refractivity contribution is -0.131. The highest BCUT2D eigenvalue weighted by atomic mass is 127. The molecule has 0 radical (unpaired) electrons. The molecule has 7 nitrogen and oxygen atoms in total. The molecule has 1 saturated heterocycles. The van der Waals surface area contributed by atoms with E-state index in [1.165, 1.54) is 12.1 Å². The van der Waals surface area contributed by atoms with Crippen molar-refractivity contribution in [2.24, 2.45) is 4.99 Å². The minimum absolute atomic E-state index is 0. The molecule has 0 atom stereocenters. The Bertz CT molecular complexity index is 790. The molecule has 9 heteroatoms. The lowest BCUT2D eigenvalue weighted by atomic mass is 10.2. The molecule has 2 N–H and O–H groups in total. The second-order valence-corrected chi connectivity index (χ2v) is 6.85. The van der Waals surface area contributed by atoms with Gasteiger partial charge in [-0.25, -0.2) is 4.39 Å². The number of amides is 1. The van der Waals surface area contributed by atoms with E-state index in [-0.39, 0.29) is 35.7 Å². The van der Waals surface area contributed by atoms with Crippen molar-refractivity contribution < 1.29 is 13.6 Å². The summed E-state index contributed by atoms with van der Waals surface area (Å²) in [5, 5.41) is 6.38. The van der Waals surface area contributed by atoms with Gasteiger partial charge in [0.1, 0.15) is 11.6 Å². The van der Waals surface area contributed by atoms with E-state index in [4.69, 9.17) is 4.42 Å². The van der Waals surface area contributed by atoms with Gasteiger partial charge in [0, 0.05) is 64.8 Å². The number of hydrogen-bond acceptors (Lipinski definition) is 4. The van der Waals surface area contributed by atoms with Crippen LogP contribution in [0.4, 0.5) is 10.1 Å². The van der Waals surface area contributed by atoms with E-state index in [9.17, 15) is 9.18 Å². The molecule has 3 rings (SSSR count). The number of benzene rings is 1. The number of anilines is 1. The van der Waals surface area contributed by atoms with Crippen LogP contribution >= 0.6 is 24.0 Å². The van der Waals surface area contributed by atoms with Crippen LogP contribution in [0.5, 0.6) is 0 Å². The molecule has 1 aliphatic heterocycles. The first-order valence-corrected chi connectivity index (χ1v) is 9.91. The Balaban J connectivity index is 0.00000320. The first kappa shape index (κ1) is 24.0. The van der Waals surface area contributed by atoms with E-state index >= 15 is 0 Å². The molecule has 1 aromatic carbocycles. The normalized spacial score (nSPS) is 14.3. The third-order valence-corrected chi connectivity index (χ3v) is 4.92. The zero-order valence-corrected chi connectivity index (χ0v) is 19.5. The summed E-state index contributed by atoms with van der Waals surface area (Å²) < 4.78 is 18.4. The summed E-state index contributed by atoms with van der Waals surface area (Å²) in [5.41, 5.74) is 0.990. The van der Waals surface area contributed by atoms with Crippen LogP contribution in [-0.4, -0.2) is 63.1 Å². The smallest absolute Gasteiger partial charge is 0.224 e. The van der Waals surface area contributed by atoms with E-state index in [1.807, 2.05) is 17.0 Å². The van der Waals surface area contributed by atoms with Gasteiger partial charge in [0.25, 0.3) is 0 Å². The van der Waals surface area contributed by atoms with Crippen LogP contribution in [0, 0.1) is 5.82 Å². The quantitative estimate of drug-likeness (QED) is 0.328. The molecule has 2 heterocycles. The van der Waals surface area contributed by atoms with E-state index in [2.05, 4.69) is 20.5 Å². The second kappa shape index (κ2) is 12.4. The van der Waals surface area contributed by atoms with Gasteiger partial charge >= 0.3 is 0 Å². The molecular formula is C21H29FIN5O2. The predicted molar refractivity (Wildman–Crippen MR) is 127 cm³/mol. The molecule has 30 heavy (non-hydrogen) atoms. The zero-order valence-electron chi connectivity index (χ0n) is 17.1. The minimum Gasteiger partial charge on any atom is -0.469 e. The van der Waals surface area contributed by atoms with Crippen LogP contribution in [0.2, 0.25) is 0 Å². The average molecular weight is 529 g/mol. The maximum atomic E-state index is 13.1. The lowest BCUT2D eigenvalue weighted by Gasteiger charge is -2.36. The summed E-state index contributed by atoms with van der Waals surface area (Å²) in [4.78, 5) is 20.7. The van der Waals surface area contributed by atoms with E-state index in [0.29, 0.717) is 38.6 Å². The number of aliphatic imine (C=N–C) groups is 1. The largest absolute Gasteiger partial charge is 0.469 e. The van der Waals surface area contributed by atoms with Crippen molar-refractivity contribution >= 4 is 41.5 Å². The number of halogens is 2. The van der Waals surface area contributed by atoms with Crippen LogP contribution in [0.1, 0.15) is 12.2 Å². The number of carbonyl (C=O) groups is 1. The Morgan fingerprint density at radius 1 is 1.10 bits per heavy atom. The monoisotopic (exact) mass is 529 g/mol. The predicted octanol–water partition coefficient (Wildman–Crippen LogP) is 2.48. The van der Waals surface area contributed by atoms with Gasteiger partial charge in [-0.2, -0.15) is 0 Å². The Morgan fingerprint density at radius 3 is 2.43 bits per heavy atom. The molecule has 164 valence electrons. The van der Waals surface area contributed by atoms with Crippen LogP contribution in [0.15, 0.2) is 52.1 Å². The van der Waals surface area contributed by atoms with Crippen molar-refractivity contribution in [3.63, 3.8) is 0 Å². The number of furan rings is 1. The fourth-order valence-electron chi connectivity index (χ4n) is 3.29. The van der Waals surface area contributed by atoms with Gasteiger partial charge in [-0.1, -0.05) is 0 Å². The molecule has 1 aromatic heterocycles. The van der Waals surface area contributed by atoms with Gasteiger partial charge in [0.05, 0.1) is 6.26 Å². The van der Waals surface area contributed by atoms with Crippen LogP contribution < -0.4 is 15.5 Å². The fourth-order valence-corrected chi connectivity index (χ4v) is 3.29. The molecule has 2 aromatic rings. The highest BCUT2D eigenvalue weighted by Crippen LogP contribution is 2.17. The van der Waals surface area contributed by atoms with Crippen LogP contribution in [0.3, 0.4) is 0 Å². The number of nitrogens with zero attached hydrogens (tertiary/aromatic N) is 3. The van der Waals surface area contributed by atoms with Gasteiger partial charge in [-0.15, -0.1) is 24.0 Å². The van der Waals surface area contributed by atoms with Crippen molar-refractivity contribution in [3.8, 4) is 0 Å². The summed E-state index contributed by atoms with van der Waals surface area (Å²) in [6, 6.07) is 10.3. The maximum absolute atomic E-state index is 13.1. The highest BCUT2D eigenvalue weighted by molar-refractivity contribution is 14.0. The minimum atomic E-state index is -0.236. The average Bonchev–Trinajstić information content (AvgIpc) is 3.27. The number of hydrogen-bond donors (Lipinski definition) is 2. The molecule has 1 amide bonds. The second-order valence-electron chi connectivity index (χ2n) is 6.85. The van der Waals surface area contributed by atoms with Crippen LogP contribution in [-0.2, 0) is 11.2 Å². The maximum Gasteiger partial charge on any atom is 0.224 e. The van der Waals surface area contributed by atoms with Gasteiger partial charge in [0.15, 0.2) is 5.96 Å².